The summed E-state index contributed by atoms with van der Waals surface area (Å²) >= 11 is 5.94. The van der Waals surface area contributed by atoms with Crippen LogP contribution in [-0.2, 0) is 9.59 Å². The monoisotopic (exact) mass is 402 g/mol. The van der Waals surface area contributed by atoms with E-state index in [0.29, 0.717) is 36.9 Å². The lowest BCUT2D eigenvalue weighted by Gasteiger charge is -2.31. The maximum absolute atomic E-state index is 13.2. The Kier molecular flexibility index (Phi) is 6.79. The molecule has 0 radical (unpaired) electrons. The molecule has 5 nitrogen and oxygen atoms in total. The summed E-state index contributed by atoms with van der Waals surface area (Å²) in [6.45, 7) is 2.83. The molecule has 1 aliphatic rings. The van der Waals surface area contributed by atoms with E-state index in [1.54, 1.807) is 41.3 Å². The van der Waals surface area contributed by atoms with Crippen LogP contribution >= 0.6 is 11.6 Å². The van der Waals surface area contributed by atoms with Crippen molar-refractivity contribution in [1.82, 2.24) is 4.90 Å². The van der Waals surface area contributed by atoms with Crippen molar-refractivity contribution in [2.24, 2.45) is 0 Å². The Hall–Kier alpha value is -2.70. The molecule has 1 saturated heterocycles. The molecule has 0 atom stereocenters. The number of hydrogen-bond donors (Lipinski definition) is 2. The van der Waals surface area contributed by atoms with Gasteiger partial charge in [-0.3, -0.25) is 9.59 Å². The van der Waals surface area contributed by atoms with E-state index in [9.17, 15) is 14.0 Å². The molecule has 28 heavy (non-hydrogen) atoms. The van der Waals surface area contributed by atoms with Crippen molar-refractivity contribution in [2.75, 3.05) is 38.0 Å². The number of quaternary nitrogens is 1. The highest BCUT2D eigenvalue weighted by Gasteiger charge is 2.24. The standard InChI is InChI=1S/C21H21ClFN3O2/c22-17-4-1-3-16(13-17)7-8-21(28)26-11-9-25(10-12-26)15-20(27)24-19-6-2-5-18(23)14-19/h1-8,13-14H,9-12,15H2,(H,24,27)/p+1/b8-7+. The van der Waals surface area contributed by atoms with Gasteiger partial charge < -0.3 is 15.1 Å². The van der Waals surface area contributed by atoms with Gasteiger partial charge in [0.2, 0.25) is 5.91 Å². The molecule has 1 heterocycles. The van der Waals surface area contributed by atoms with Crippen molar-refractivity contribution in [2.45, 2.75) is 0 Å². The average molecular weight is 403 g/mol. The summed E-state index contributed by atoms with van der Waals surface area (Å²) in [5.74, 6) is -0.604. The van der Waals surface area contributed by atoms with E-state index in [1.165, 1.54) is 12.1 Å². The maximum atomic E-state index is 13.2. The number of anilines is 1. The summed E-state index contributed by atoms with van der Waals surface area (Å²) in [6.07, 6.45) is 3.30. The first-order valence-electron chi connectivity index (χ1n) is 9.11. The van der Waals surface area contributed by atoms with Crippen molar-refractivity contribution >= 4 is 35.2 Å². The number of carbonyl (C=O) groups excluding carboxylic acids is 2. The van der Waals surface area contributed by atoms with Crippen molar-refractivity contribution in [3.05, 3.63) is 71.0 Å². The Balaban J connectivity index is 1.44. The first kappa shape index (κ1) is 20.0. The lowest BCUT2D eigenvalue weighted by Crippen LogP contribution is -3.15. The van der Waals surface area contributed by atoms with Gasteiger partial charge in [0.05, 0.1) is 26.2 Å². The third-order valence-corrected chi connectivity index (χ3v) is 4.80. The van der Waals surface area contributed by atoms with Crippen molar-refractivity contribution in [3.63, 3.8) is 0 Å². The van der Waals surface area contributed by atoms with E-state index in [0.717, 1.165) is 10.5 Å². The number of piperazine rings is 1. The first-order chi connectivity index (χ1) is 13.5. The van der Waals surface area contributed by atoms with Crippen LogP contribution in [0.4, 0.5) is 10.1 Å². The van der Waals surface area contributed by atoms with Gasteiger partial charge in [-0.1, -0.05) is 29.8 Å². The molecule has 2 aromatic rings. The zero-order valence-electron chi connectivity index (χ0n) is 15.3. The lowest BCUT2D eigenvalue weighted by molar-refractivity contribution is -0.895. The summed E-state index contributed by atoms with van der Waals surface area (Å²) in [7, 11) is 0. The van der Waals surface area contributed by atoms with Gasteiger partial charge in [-0.25, -0.2) is 4.39 Å². The number of rotatable bonds is 5. The number of amides is 2. The predicted molar refractivity (Wildman–Crippen MR) is 108 cm³/mol. The van der Waals surface area contributed by atoms with Crippen LogP contribution in [0, 0.1) is 5.82 Å². The second-order valence-corrected chi connectivity index (χ2v) is 7.14. The zero-order valence-corrected chi connectivity index (χ0v) is 16.1. The van der Waals surface area contributed by atoms with E-state index in [1.807, 2.05) is 12.1 Å². The number of carbonyl (C=O) groups is 2. The van der Waals surface area contributed by atoms with E-state index >= 15 is 0 Å². The average Bonchev–Trinajstić information content (AvgIpc) is 2.67. The molecular weight excluding hydrogens is 381 g/mol. The van der Waals surface area contributed by atoms with Crippen molar-refractivity contribution in [3.8, 4) is 0 Å². The third kappa shape index (κ3) is 5.90. The van der Waals surface area contributed by atoms with Crippen LogP contribution in [0.1, 0.15) is 5.56 Å². The minimum Gasteiger partial charge on any atom is -0.328 e. The highest BCUT2D eigenvalue weighted by molar-refractivity contribution is 6.30. The highest BCUT2D eigenvalue weighted by Crippen LogP contribution is 2.12. The molecule has 0 spiro atoms. The van der Waals surface area contributed by atoms with Crippen LogP contribution in [0.5, 0.6) is 0 Å². The van der Waals surface area contributed by atoms with Gasteiger partial charge in [0.15, 0.2) is 6.54 Å². The van der Waals surface area contributed by atoms with Crippen LogP contribution < -0.4 is 10.2 Å². The number of hydrogen-bond acceptors (Lipinski definition) is 2. The summed E-state index contributed by atoms with van der Waals surface area (Å²) in [6, 6.07) is 13.1. The Morgan fingerprint density at radius 3 is 2.61 bits per heavy atom. The summed E-state index contributed by atoms with van der Waals surface area (Å²) in [5, 5.41) is 3.33. The fraction of sp³-hybridized carbons (Fsp3) is 0.238. The SMILES string of the molecule is O=C(C[NH+]1CCN(C(=O)/C=C/c2cccc(Cl)c2)CC1)Nc1cccc(F)c1. The summed E-state index contributed by atoms with van der Waals surface area (Å²) in [4.78, 5) is 27.3. The Bertz CT molecular complexity index is 879. The van der Waals surface area contributed by atoms with Gasteiger partial charge in [-0.15, -0.1) is 0 Å². The summed E-state index contributed by atoms with van der Waals surface area (Å²) < 4.78 is 13.2. The van der Waals surface area contributed by atoms with Crippen molar-refractivity contribution < 1.29 is 18.9 Å². The van der Waals surface area contributed by atoms with Crippen LogP contribution in [0.3, 0.4) is 0 Å². The van der Waals surface area contributed by atoms with Crippen molar-refractivity contribution in [1.29, 1.82) is 0 Å². The molecule has 0 aliphatic carbocycles. The molecule has 1 fully saturated rings. The van der Waals surface area contributed by atoms with E-state index < -0.39 is 0 Å². The van der Waals surface area contributed by atoms with E-state index in [4.69, 9.17) is 11.6 Å². The van der Waals surface area contributed by atoms with Gasteiger partial charge in [0.25, 0.3) is 5.91 Å². The number of nitrogens with zero attached hydrogens (tertiary/aromatic N) is 1. The Morgan fingerprint density at radius 1 is 1.14 bits per heavy atom. The fourth-order valence-corrected chi connectivity index (χ4v) is 3.30. The second kappa shape index (κ2) is 9.48. The number of halogens is 2. The molecule has 146 valence electrons. The fourth-order valence-electron chi connectivity index (χ4n) is 3.10. The molecular formula is C21H22ClFN3O2+. The third-order valence-electron chi connectivity index (χ3n) is 4.57. The first-order valence-corrected chi connectivity index (χ1v) is 9.49. The maximum Gasteiger partial charge on any atom is 0.279 e. The molecule has 0 saturated carbocycles. The molecule has 1 aliphatic heterocycles. The summed E-state index contributed by atoms with van der Waals surface area (Å²) in [5.41, 5.74) is 1.32. The minimum absolute atomic E-state index is 0.0526. The molecule has 3 rings (SSSR count). The highest BCUT2D eigenvalue weighted by atomic mass is 35.5. The molecule has 7 heteroatoms. The Morgan fingerprint density at radius 2 is 1.89 bits per heavy atom. The molecule has 0 bridgehead atoms. The predicted octanol–water partition coefficient (Wildman–Crippen LogP) is 1.86. The zero-order chi connectivity index (χ0) is 19.9. The largest absolute Gasteiger partial charge is 0.328 e. The normalized spacial score (nSPS) is 15.0. The van der Waals surface area contributed by atoms with Crippen LogP contribution in [-0.4, -0.2) is 49.4 Å². The minimum atomic E-state index is -0.386. The van der Waals surface area contributed by atoms with Crippen LogP contribution in [0.25, 0.3) is 6.08 Å². The van der Waals surface area contributed by atoms with E-state index in [-0.39, 0.29) is 24.2 Å². The second-order valence-electron chi connectivity index (χ2n) is 6.70. The van der Waals surface area contributed by atoms with Gasteiger partial charge in [0.1, 0.15) is 5.82 Å². The quantitative estimate of drug-likeness (QED) is 0.750. The van der Waals surface area contributed by atoms with Gasteiger partial charge in [0, 0.05) is 16.8 Å². The van der Waals surface area contributed by atoms with Gasteiger partial charge in [-0.2, -0.15) is 0 Å². The Labute approximate surface area is 168 Å². The lowest BCUT2D eigenvalue weighted by atomic mass is 10.2. The van der Waals surface area contributed by atoms with Gasteiger partial charge >= 0.3 is 0 Å². The molecule has 2 N–H and O–H groups in total. The number of nitrogens with one attached hydrogen (secondary N) is 2. The molecule has 0 aromatic heterocycles. The molecule has 0 unspecified atom stereocenters. The van der Waals surface area contributed by atoms with Gasteiger partial charge in [-0.05, 0) is 42.0 Å². The van der Waals surface area contributed by atoms with E-state index in [2.05, 4.69) is 5.32 Å². The molecule has 2 aromatic carbocycles. The topological polar surface area (TPSA) is 53.9 Å². The molecule has 2 amide bonds. The van der Waals surface area contributed by atoms with Crippen LogP contribution in [0.2, 0.25) is 5.02 Å². The van der Waals surface area contributed by atoms with Crippen LogP contribution in [0.15, 0.2) is 54.6 Å². The smallest absolute Gasteiger partial charge is 0.279 e. The number of benzene rings is 2.